The molecule has 5 nitrogen and oxygen atoms in total. The monoisotopic (exact) mass is 296 g/mol. The molecule has 2 aromatic rings. The van der Waals surface area contributed by atoms with Gasteiger partial charge in [-0.25, -0.2) is 4.52 Å². The molecule has 1 N–H and O–H groups in total. The number of rotatable bonds is 3. The van der Waals surface area contributed by atoms with Crippen LogP contribution in [0.15, 0.2) is 12.4 Å². The van der Waals surface area contributed by atoms with E-state index in [1.165, 1.54) is 19.3 Å². The van der Waals surface area contributed by atoms with E-state index in [4.69, 9.17) is 0 Å². The van der Waals surface area contributed by atoms with E-state index in [0.717, 1.165) is 29.6 Å². The molecule has 0 radical (unpaired) electrons. The third-order valence-corrected chi connectivity index (χ3v) is 4.51. The summed E-state index contributed by atoms with van der Waals surface area (Å²) in [5.74, 6) is 0.0186. The van der Waals surface area contributed by atoms with Gasteiger partial charge in [0.15, 0.2) is 5.78 Å². The van der Waals surface area contributed by atoms with Crippen LogP contribution in [-0.2, 0) is 0 Å². The fourth-order valence-corrected chi connectivity index (χ4v) is 3.33. The summed E-state index contributed by atoms with van der Waals surface area (Å²) in [6.07, 6.45) is 9.30. The van der Waals surface area contributed by atoms with E-state index >= 15 is 0 Å². The molecule has 0 bridgehead atoms. The Kier molecular flexibility index (Phi) is 3.84. The van der Waals surface area contributed by atoms with Gasteiger partial charge in [0.05, 0.1) is 23.0 Å². The SMILES string of the molecule is CC(=O)c1cn2ncc(C#N)c(NC3CCCCC3)c2c1C. The molecule has 1 saturated carbocycles. The van der Waals surface area contributed by atoms with E-state index in [0.29, 0.717) is 17.2 Å². The summed E-state index contributed by atoms with van der Waals surface area (Å²) in [5, 5.41) is 17.2. The molecule has 3 rings (SSSR count). The first kappa shape index (κ1) is 14.6. The Hall–Kier alpha value is -2.35. The Morgan fingerprint density at radius 2 is 2.14 bits per heavy atom. The molecule has 0 saturated heterocycles. The van der Waals surface area contributed by atoms with Crippen LogP contribution in [0.4, 0.5) is 5.69 Å². The highest BCUT2D eigenvalue weighted by Crippen LogP contribution is 2.30. The molecular formula is C17H20N4O. The third kappa shape index (κ3) is 2.45. The number of carbonyl (C=O) groups is 1. The smallest absolute Gasteiger partial charge is 0.161 e. The van der Waals surface area contributed by atoms with E-state index < -0.39 is 0 Å². The number of nitrogens with one attached hydrogen (secondary N) is 1. The van der Waals surface area contributed by atoms with Gasteiger partial charge in [0.1, 0.15) is 6.07 Å². The number of aromatic nitrogens is 2. The fourth-order valence-electron chi connectivity index (χ4n) is 3.33. The van der Waals surface area contributed by atoms with Crippen LogP contribution in [0.3, 0.4) is 0 Å². The predicted octanol–water partition coefficient (Wildman–Crippen LogP) is 3.46. The van der Waals surface area contributed by atoms with Crippen LogP contribution in [0.1, 0.15) is 60.5 Å². The number of nitriles is 1. The van der Waals surface area contributed by atoms with Gasteiger partial charge in [0.25, 0.3) is 0 Å². The van der Waals surface area contributed by atoms with Crippen molar-refractivity contribution in [3.05, 3.63) is 29.1 Å². The van der Waals surface area contributed by atoms with Gasteiger partial charge in [-0.2, -0.15) is 10.4 Å². The first-order chi connectivity index (χ1) is 10.6. The number of ketones is 1. The van der Waals surface area contributed by atoms with E-state index in [-0.39, 0.29) is 5.78 Å². The second-order valence-corrected chi connectivity index (χ2v) is 6.04. The Labute approximate surface area is 129 Å². The molecule has 1 fully saturated rings. The zero-order valence-electron chi connectivity index (χ0n) is 13.0. The van der Waals surface area contributed by atoms with Crippen molar-refractivity contribution in [2.24, 2.45) is 0 Å². The van der Waals surface area contributed by atoms with Crippen LogP contribution in [0.5, 0.6) is 0 Å². The zero-order chi connectivity index (χ0) is 15.7. The lowest BCUT2D eigenvalue weighted by Crippen LogP contribution is -2.23. The van der Waals surface area contributed by atoms with Crippen LogP contribution < -0.4 is 5.32 Å². The Morgan fingerprint density at radius 1 is 1.41 bits per heavy atom. The van der Waals surface area contributed by atoms with Gasteiger partial charge in [-0.15, -0.1) is 0 Å². The number of Topliss-reactive ketones (excluding diaryl/α,β-unsaturated/α-hetero) is 1. The van der Waals surface area contributed by atoms with Crippen molar-refractivity contribution in [2.75, 3.05) is 5.32 Å². The lowest BCUT2D eigenvalue weighted by atomic mass is 9.95. The molecule has 0 aliphatic heterocycles. The number of fused-ring (bicyclic) bond motifs is 1. The number of hydrogen-bond acceptors (Lipinski definition) is 4. The van der Waals surface area contributed by atoms with Crippen molar-refractivity contribution in [2.45, 2.75) is 52.0 Å². The van der Waals surface area contributed by atoms with Gasteiger partial charge in [-0.05, 0) is 32.3 Å². The highest BCUT2D eigenvalue weighted by molar-refractivity contribution is 5.99. The molecule has 0 atom stereocenters. The van der Waals surface area contributed by atoms with Gasteiger partial charge in [0.2, 0.25) is 0 Å². The molecule has 0 aromatic carbocycles. The predicted molar refractivity (Wildman–Crippen MR) is 85.1 cm³/mol. The van der Waals surface area contributed by atoms with Crippen LogP contribution in [-0.4, -0.2) is 21.4 Å². The van der Waals surface area contributed by atoms with E-state index in [9.17, 15) is 10.1 Å². The van der Waals surface area contributed by atoms with Crippen LogP contribution in [0.25, 0.3) is 5.52 Å². The number of nitrogens with zero attached hydrogens (tertiary/aromatic N) is 3. The topological polar surface area (TPSA) is 70.2 Å². The van der Waals surface area contributed by atoms with Gasteiger partial charge in [-0.1, -0.05) is 19.3 Å². The summed E-state index contributed by atoms with van der Waals surface area (Å²) in [6, 6.07) is 2.61. The maximum absolute atomic E-state index is 11.8. The van der Waals surface area contributed by atoms with Gasteiger partial charge < -0.3 is 5.32 Å². The maximum Gasteiger partial charge on any atom is 0.161 e. The summed E-state index contributed by atoms with van der Waals surface area (Å²) in [6.45, 7) is 3.47. The minimum atomic E-state index is 0.0186. The third-order valence-electron chi connectivity index (χ3n) is 4.51. The van der Waals surface area contributed by atoms with Crippen molar-refractivity contribution in [3.63, 3.8) is 0 Å². The van der Waals surface area contributed by atoms with Crippen molar-refractivity contribution >= 4 is 17.0 Å². The number of hydrogen-bond donors (Lipinski definition) is 1. The lowest BCUT2D eigenvalue weighted by molar-refractivity contribution is 0.101. The van der Waals surface area contributed by atoms with Crippen molar-refractivity contribution < 1.29 is 4.79 Å². The van der Waals surface area contributed by atoms with Crippen LogP contribution in [0, 0.1) is 18.3 Å². The highest BCUT2D eigenvalue weighted by atomic mass is 16.1. The Balaban J connectivity index is 2.12. The summed E-state index contributed by atoms with van der Waals surface area (Å²) in [5.41, 5.74) is 3.74. The number of aryl methyl sites for hydroxylation is 1. The standard InChI is InChI=1S/C17H20N4O/c1-11-15(12(2)22)10-21-17(11)16(13(8-18)9-19-21)20-14-6-4-3-5-7-14/h9-10,14,20H,3-7H2,1-2H3. The molecule has 0 amide bonds. The van der Waals surface area contributed by atoms with Crippen molar-refractivity contribution in [3.8, 4) is 6.07 Å². The van der Waals surface area contributed by atoms with E-state index in [1.807, 2.05) is 6.92 Å². The average molecular weight is 296 g/mol. The average Bonchev–Trinajstić information content (AvgIpc) is 2.86. The van der Waals surface area contributed by atoms with Crippen LogP contribution >= 0.6 is 0 Å². The van der Waals surface area contributed by atoms with Gasteiger partial charge in [-0.3, -0.25) is 4.79 Å². The molecule has 2 heterocycles. The summed E-state index contributed by atoms with van der Waals surface area (Å²) in [7, 11) is 0. The molecule has 5 heteroatoms. The maximum atomic E-state index is 11.8. The molecule has 1 aliphatic rings. The summed E-state index contributed by atoms with van der Waals surface area (Å²) < 4.78 is 1.71. The molecule has 2 aromatic heterocycles. The first-order valence-corrected chi connectivity index (χ1v) is 7.80. The zero-order valence-corrected chi connectivity index (χ0v) is 13.0. The highest BCUT2D eigenvalue weighted by Gasteiger charge is 2.20. The number of anilines is 1. The molecule has 0 unspecified atom stereocenters. The van der Waals surface area contributed by atoms with Crippen molar-refractivity contribution in [1.82, 2.24) is 9.61 Å². The minimum absolute atomic E-state index is 0.0186. The number of carbonyl (C=O) groups excluding carboxylic acids is 1. The van der Waals surface area contributed by atoms with E-state index in [2.05, 4.69) is 16.5 Å². The quantitative estimate of drug-likeness (QED) is 0.880. The minimum Gasteiger partial charge on any atom is -0.379 e. The van der Waals surface area contributed by atoms with E-state index in [1.54, 1.807) is 23.8 Å². The molecule has 114 valence electrons. The lowest BCUT2D eigenvalue weighted by Gasteiger charge is -2.24. The molecule has 22 heavy (non-hydrogen) atoms. The van der Waals surface area contributed by atoms with Crippen molar-refractivity contribution in [1.29, 1.82) is 5.26 Å². The normalized spacial score (nSPS) is 15.7. The largest absolute Gasteiger partial charge is 0.379 e. The Bertz CT molecular complexity index is 763. The first-order valence-electron chi connectivity index (χ1n) is 7.80. The van der Waals surface area contributed by atoms with Crippen LogP contribution in [0.2, 0.25) is 0 Å². The fraction of sp³-hybridized carbons (Fsp3) is 0.471. The molecular weight excluding hydrogens is 276 g/mol. The second kappa shape index (κ2) is 5.80. The summed E-state index contributed by atoms with van der Waals surface area (Å²) in [4.78, 5) is 11.8. The molecule has 1 aliphatic carbocycles. The molecule has 0 spiro atoms. The summed E-state index contributed by atoms with van der Waals surface area (Å²) >= 11 is 0. The second-order valence-electron chi connectivity index (χ2n) is 6.04. The van der Waals surface area contributed by atoms with Gasteiger partial charge in [0, 0.05) is 17.8 Å². The Morgan fingerprint density at radius 3 is 2.77 bits per heavy atom. The van der Waals surface area contributed by atoms with Gasteiger partial charge >= 0.3 is 0 Å².